The maximum absolute atomic E-state index is 12.1. The summed E-state index contributed by atoms with van der Waals surface area (Å²) in [6, 6.07) is 16.1. The van der Waals surface area contributed by atoms with Crippen LogP contribution >= 0.6 is 11.8 Å². The summed E-state index contributed by atoms with van der Waals surface area (Å²) in [6.07, 6.45) is 3.35. The second kappa shape index (κ2) is 10.8. The van der Waals surface area contributed by atoms with E-state index in [0.717, 1.165) is 16.2 Å². The van der Waals surface area contributed by atoms with E-state index in [-0.39, 0.29) is 5.91 Å². The van der Waals surface area contributed by atoms with Crippen LogP contribution < -0.4 is 21.5 Å². The predicted octanol–water partition coefficient (Wildman–Crippen LogP) is 4.02. The summed E-state index contributed by atoms with van der Waals surface area (Å²) in [6.45, 7) is 5.44. The normalized spacial score (nSPS) is 10.1. The van der Waals surface area contributed by atoms with Gasteiger partial charge in [-0.25, -0.2) is 14.8 Å². The van der Waals surface area contributed by atoms with Gasteiger partial charge in [-0.3, -0.25) is 15.6 Å². The van der Waals surface area contributed by atoms with E-state index in [1.807, 2.05) is 36.4 Å². The third kappa shape index (κ3) is 6.86. The molecule has 0 aliphatic rings. The number of urea groups is 1. The minimum Gasteiger partial charge on any atom is -0.311 e. The van der Waals surface area contributed by atoms with Gasteiger partial charge in [-0.2, -0.15) is 0 Å². The number of rotatable bonds is 8. The average Bonchev–Trinajstić information content (AvgIpc) is 2.77. The molecule has 1 aromatic carbocycles. The first kappa shape index (κ1) is 21.8. The van der Waals surface area contributed by atoms with Gasteiger partial charge < -0.3 is 10.6 Å². The average molecular weight is 435 g/mol. The lowest BCUT2D eigenvalue weighted by Crippen LogP contribution is -2.39. The fraction of sp³-hybridized carbons (Fsp3) is 0.0909. The van der Waals surface area contributed by atoms with Crippen LogP contribution in [-0.4, -0.2) is 21.9 Å². The number of amides is 3. The minimum atomic E-state index is -0.410. The molecule has 8 nitrogen and oxygen atoms in total. The van der Waals surface area contributed by atoms with Crippen molar-refractivity contribution in [3.8, 4) is 0 Å². The molecule has 2 aromatic heterocycles. The zero-order valence-electron chi connectivity index (χ0n) is 16.9. The zero-order valence-corrected chi connectivity index (χ0v) is 17.7. The van der Waals surface area contributed by atoms with Gasteiger partial charge in [0, 0.05) is 36.3 Å². The molecule has 158 valence electrons. The molecule has 0 saturated carbocycles. The van der Waals surface area contributed by atoms with Gasteiger partial charge in [-0.05, 0) is 42.0 Å². The molecule has 3 rings (SSSR count). The lowest BCUT2D eigenvalue weighted by Gasteiger charge is -2.14. The number of nitrogens with zero attached hydrogens (tertiary/aromatic N) is 2. The number of aromatic nitrogens is 2. The Bertz CT molecular complexity index is 1070. The fourth-order valence-electron chi connectivity index (χ4n) is 2.58. The van der Waals surface area contributed by atoms with Crippen molar-refractivity contribution in [1.82, 2.24) is 20.8 Å². The topological polar surface area (TPSA) is 108 Å². The van der Waals surface area contributed by atoms with Gasteiger partial charge in [0.2, 0.25) is 5.91 Å². The van der Waals surface area contributed by atoms with Crippen LogP contribution in [0.4, 0.5) is 16.3 Å². The summed E-state index contributed by atoms with van der Waals surface area (Å²) >= 11 is 1.51. The molecule has 0 saturated heterocycles. The van der Waals surface area contributed by atoms with Crippen molar-refractivity contribution in [2.75, 3.05) is 10.6 Å². The summed E-state index contributed by atoms with van der Waals surface area (Å²) in [4.78, 5) is 31.8. The quantitative estimate of drug-likeness (QED) is 0.315. The highest BCUT2D eigenvalue weighted by Crippen LogP contribution is 2.27. The first-order chi connectivity index (χ1) is 15.0. The molecule has 0 radical (unpaired) electrons. The Morgan fingerprint density at radius 3 is 2.55 bits per heavy atom. The van der Waals surface area contributed by atoms with E-state index in [2.05, 4.69) is 38.0 Å². The lowest BCUT2D eigenvalue weighted by atomic mass is 10.2. The smallest absolute Gasteiger partial charge is 0.311 e. The number of thioether (sulfide) groups is 1. The molecule has 0 atom stereocenters. The number of carbonyl (C=O) groups is 2. The highest BCUT2D eigenvalue weighted by molar-refractivity contribution is 7.98. The molecule has 0 aliphatic heterocycles. The van der Waals surface area contributed by atoms with Crippen LogP contribution in [0.25, 0.3) is 5.70 Å². The molecular formula is C22H22N6O2S. The highest BCUT2D eigenvalue weighted by atomic mass is 32.2. The lowest BCUT2D eigenvalue weighted by molar-refractivity contribution is -0.114. The summed E-state index contributed by atoms with van der Waals surface area (Å²) in [5.41, 5.74) is 8.33. The molecule has 0 unspecified atom stereocenters. The van der Waals surface area contributed by atoms with E-state index in [4.69, 9.17) is 0 Å². The minimum absolute atomic E-state index is 0.171. The number of para-hydroxylation sites is 1. The second-order valence-corrected chi connectivity index (χ2v) is 7.39. The van der Waals surface area contributed by atoms with Gasteiger partial charge in [0.05, 0.1) is 5.70 Å². The maximum Gasteiger partial charge on any atom is 0.337 e. The standard InChI is InChI=1S/C22H22N6O2S/c1-15(27-28-22(30)26-18-7-4-3-5-8-18)19-9-6-11-24-21(19)31-14-17-10-12-23-20(13-17)25-16(2)29/h3-13,27H,1,14H2,2H3,(H,23,25,29)(H2,26,28,30). The number of carbonyl (C=O) groups excluding carboxylic acids is 2. The Kier molecular flexibility index (Phi) is 7.61. The Hall–Kier alpha value is -3.85. The molecule has 4 N–H and O–H groups in total. The SMILES string of the molecule is C=C(NNC(=O)Nc1ccccc1)c1cccnc1SCc1ccnc(NC(C)=O)c1. The Morgan fingerprint density at radius 2 is 1.77 bits per heavy atom. The zero-order chi connectivity index (χ0) is 22.1. The highest BCUT2D eigenvalue weighted by Gasteiger charge is 2.10. The van der Waals surface area contributed by atoms with Crippen LogP contribution in [-0.2, 0) is 10.5 Å². The van der Waals surface area contributed by atoms with Crippen molar-refractivity contribution in [3.63, 3.8) is 0 Å². The van der Waals surface area contributed by atoms with E-state index in [1.165, 1.54) is 18.7 Å². The summed E-state index contributed by atoms with van der Waals surface area (Å²) in [7, 11) is 0. The van der Waals surface area contributed by atoms with Gasteiger partial charge in [0.1, 0.15) is 10.8 Å². The van der Waals surface area contributed by atoms with E-state index in [1.54, 1.807) is 30.6 Å². The Morgan fingerprint density at radius 1 is 0.968 bits per heavy atom. The van der Waals surface area contributed by atoms with Gasteiger partial charge in [0.25, 0.3) is 0 Å². The van der Waals surface area contributed by atoms with Crippen LogP contribution in [0.5, 0.6) is 0 Å². The number of hydrazine groups is 1. The molecule has 0 aliphatic carbocycles. The van der Waals surface area contributed by atoms with Crippen molar-refractivity contribution in [2.45, 2.75) is 17.7 Å². The van der Waals surface area contributed by atoms with E-state index < -0.39 is 6.03 Å². The number of nitrogens with one attached hydrogen (secondary N) is 4. The van der Waals surface area contributed by atoms with Crippen molar-refractivity contribution >= 4 is 40.9 Å². The van der Waals surface area contributed by atoms with Crippen LogP contribution in [0.2, 0.25) is 0 Å². The Balaban J connectivity index is 1.58. The molecule has 2 heterocycles. The van der Waals surface area contributed by atoms with Crippen LogP contribution in [0, 0.1) is 0 Å². The first-order valence-corrected chi connectivity index (χ1v) is 10.4. The fourth-order valence-corrected chi connectivity index (χ4v) is 3.55. The van der Waals surface area contributed by atoms with Crippen molar-refractivity contribution < 1.29 is 9.59 Å². The summed E-state index contributed by atoms with van der Waals surface area (Å²) < 4.78 is 0. The van der Waals surface area contributed by atoms with Gasteiger partial charge >= 0.3 is 6.03 Å². The number of anilines is 2. The summed E-state index contributed by atoms with van der Waals surface area (Å²) in [5.74, 6) is 0.955. The molecule has 31 heavy (non-hydrogen) atoms. The van der Waals surface area contributed by atoms with Gasteiger partial charge in [-0.1, -0.05) is 24.8 Å². The van der Waals surface area contributed by atoms with Crippen molar-refractivity contribution in [3.05, 3.63) is 84.7 Å². The first-order valence-electron chi connectivity index (χ1n) is 9.39. The summed E-state index contributed by atoms with van der Waals surface area (Å²) in [5, 5.41) is 6.14. The molecule has 0 bridgehead atoms. The molecule has 0 fully saturated rings. The third-order valence-corrected chi connectivity index (χ3v) is 5.04. The maximum atomic E-state index is 12.1. The number of hydrogen-bond acceptors (Lipinski definition) is 6. The van der Waals surface area contributed by atoms with Crippen LogP contribution in [0.15, 0.2) is 78.6 Å². The van der Waals surface area contributed by atoms with Crippen molar-refractivity contribution in [2.24, 2.45) is 0 Å². The number of pyridine rings is 2. The monoisotopic (exact) mass is 434 g/mol. The number of hydrogen-bond donors (Lipinski definition) is 4. The third-order valence-electron chi connectivity index (χ3n) is 3.96. The van der Waals surface area contributed by atoms with E-state index >= 15 is 0 Å². The van der Waals surface area contributed by atoms with Crippen LogP contribution in [0.3, 0.4) is 0 Å². The number of benzene rings is 1. The second-order valence-electron chi connectivity index (χ2n) is 6.42. The van der Waals surface area contributed by atoms with E-state index in [0.29, 0.717) is 23.0 Å². The Labute approximate surface area is 184 Å². The molecule has 9 heteroatoms. The molecule has 3 aromatic rings. The van der Waals surface area contributed by atoms with Crippen molar-refractivity contribution in [1.29, 1.82) is 0 Å². The molecule has 3 amide bonds. The predicted molar refractivity (Wildman–Crippen MR) is 123 cm³/mol. The largest absolute Gasteiger partial charge is 0.337 e. The molecular weight excluding hydrogens is 412 g/mol. The van der Waals surface area contributed by atoms with Gasteiger partial charge in [0.15, 0.2) is 0 Å². The van der Waals surface area contributed by atoms with E-state index in [9.17, 15) is 9.59 Å². The molecule has 0 spiro atoms. The van der Waals surface area contributed by atoms with Crippen LogP contribution in [0.1, 0.15) is 18.1 Å². The van der Waals surface area contributed by atoms with Gasteiger partial charge in [-0.15, -0.1) is 11.8 Å².